The highest BCUT2D eigenvalue weighted by atomic mass is 32.1. The van der Waals surface area contributed by atoms with Crippen molar-refractivity contribution in [3.63, 3.8) is 0 Å². The molecule has 2 aromatic heterocycles. The quantitative estimate of drug-likeness (QED) is 0.643. The van der Waals surface area contributed by atoms with Gasteiger partial charge in [-0.2, -0.15) is 11.3 Å². The Hall–Kier alpha value is -2.06. The number of ether oxygens (including phenoxy) is 1. The number of hydrogen-bond donors (Lipinski definition) is 1. The van der Waals surface area contributed by atoms with Gasteiger partial charge in [-0.1, -0.05) is 30.3 Å². The number of benzene rings is 1. The first-order valence-electron chi connectivity index (χ1n) is 9.40. The molecule has 1 fully saturated rings. The first-order chi connectivity index (χ1) is 13.8. The predicted molar refractivity (Wildman–Crippen MR) is 114 cm³/mol. The summed E-state index contributed by atoms with van der Waals surface area (Å²) in [5.41, 5.74) is 3.23. The number of morpholine rings is 1. The number of rotatable bonds is 7. The minimum atomic E-state index is -0.200. The van der Waals surface area contributed by atoms with E-state index in [2.05, 4.69) is 27.5 Å². The van der Waals surface area contributed by atoms with Crippen molar-refractivity contribution in [2.45, 2.75) is 12.5 Å². The van der Waals surface area contributed by atoms with Crippen LogP contribution in [0.25, 0.3) is 10.6 Å². The van der Waals surface area contributed by atoms with Gasteiger partial charge in [-0.15, -0.1) is 11.3 Å². The molecule has 28 heavy (non-hydrogen) atoms. The van der Waals surface area contributed by atoms with E-state index in [4.69, 9.17) is 9.72 Å². The van der Waals surface area contributed by atoms with E-state index in [9.17, 15) is 4.79 Å². The van der Waals surface area contributed by atoms with Crippen LogP contribution in [0.4, 0.5) is 0 Å². The van der Waals surface area contributed by atoms with Gasteiger partial charge in [-0.25, -0.2) is 4.98 Å². The molecule has 0 saturated carbocycles. The summed E-state index contributed by atoms with van der Waals surface area (Å²) in [5, 5.41) is 10.8. The molecule has 5 nitrogen and oxygen atoms in total. The number of amides is 1. The molecule has 4 rings (SSSR count). The van der Waals surface area contributed by atoms with Crippen LogP contribution in [0.15, 0.2) is 52.5 Å². The third-order valence-corrected chi connectivity index (χ3v) is 6.42. The SMILES string of the molecule is O=C(C(CNCc1csc(-c2ccsc2)n1)c1ccccc1)N1CCOCC1. The third kappa shape index (κ3) is 4.67. The molecular formula is C21H23N3O2S2. The molecule has 1 amide bonds. The second-order valence-corrected chi connectivity index (χ2v) is 8.33. The summed E-state index contributed by atoms with van der Waals surface area (Å²) in [6.45, 7) is 3.80. The molecule has 0 radical (unpaired) electrons. The Morgan fingerprint density at radius 2 is 2.00 bits per heavy atom. The lowest BCUT2D eigenvalue weighted by molar-refractivity contribution is -0.136. The van der Waals surface area contributed by atoms with Crippen molar-refractivity contribution >= 4 is 28.6 Å². The zero-order chi connectivity index (χ0) is 19.2. The van der Waals surface area contributed by atoms with E-state index in [0.717, 1.165) is 16.3 Å². The van der Waals surface area contributed by atoms with Crippen molar-refractivity contribution in [2.75, 3.05) is 32.8 Å². The zero-order valence-electron chi connectivity index (χ0n) is 15.5. The molecule has 3 heterocycles. The predicted octanol–water partition coefficient (Wildman–Crippen LogP) is 3.60. The second kappa shape index (κ2) is 9.43. The third-order valence-electron chi connectivity index (χ3n) is 4.80. The van der Waals surface area contributed by atoms with E-state index in [1.807, 2.05) is 35.2 Å². The maximum Gasteiger partial charge on any atom is 0.231 e. The van der Waals surface area contributed by atoms with Crippen molar-refractivity contribution in [3.05, 3.63) is 63.8 Å². The Kier molecular flexibility index (Phi) is 6.49. The molecule has 1 atom stereocenters. The standard InChI is InChI=1S/C21H23N3O2S2/c25-21(24-7-9-26-10-8-24)19(16-4-2-1-3-5-16)13-22-12-18-15-28-20(23-18)17-6-11-27-14-17/h1-6,11,14-15,19,22H,7-10,12-13H2. The van der Waals surface area contributed by atoms with Gasteiger partial charge < -0.3 is 15.0 Å². The Morgan fingerprint density at radius 1 is 1.18 bits per heavy atom. The van der Waals surface area contributed by atoms with Crippen LogP contribution in [0.2, 0.25) is 0 Å². The first kappa shape index (κ1) is 19.3. The van der Waals surface area contributed by atoms with Gasteiger partial charge in [-0.05, 0) is 17.0 Å². The molecule has 1 unspecified atom stereocenters. The fourth-order valence-electron chi connectivity index (χ4n) is 3.29. The van der Waals surface area contributed by atoms with Crippen LogP contribution in [-0.2, 0) is 16.1 Å². The molecule has 0 bridgehead atoms. The summed E-state index contributed by atoms with van der Waals surface area (Å²) in [4.78, 5) is 19.7. The Bertz CT molecular complexity index is 874. The van der Waals surface area contributed by atoms with Crippen LogP contribution in [0, 0.1) is 0 Å². The van der Waals surface area contributed by atoms with Crippen molar-refractivity contribution in [1.29, 1.82) is 0 Å². The maximum atomic E-state index is 13.1. The Morgan fingerprint density at radius 3 is 2.75 bits per heavy atom. The highest BCUT2D eigenvalue weighted by Crippen LogP contribution is 2.26. The van der Waals surface area contributed by atoms with Crippen molar-refractivity contribution in [2.24, 2.45) is 0 Å². The first-order valence-corrected chi connectivity index (χ1v) is 11.2. The molecule has 0 aliphatic carbocycles. The van der Waals surface area contributed by atoms with Crippen LogP contribution in [-0.4, -0.2) is 48.6 Å². The maximum absolute atomic E-state index is 13.1. The van der Waals surface area contributed by atoms with Crippen molar-refractivity contribution < 1.29 is 9.53 Å². The number of nitrogens with zero attached hydrogens (tertiary/aromatic N) is 2. The second-order valence-electron chi connectivity index (χ2n) is 6.69. The fraction of sp³-hybridized carbons (Fsp3) is 0.333. The van der Waals surface area contributed by atoms with Gasteiger partial charge in [-0.3, -0.25) is 4.79 Å². The Balaban J connectivity index is 1.40. The zero-order valence-corrected chi connectivity index (χ0v) is 17.2. The monoisotopic (exact) mass is 413 g/mol. The summed E-state index contributed by atoms with van der Waals surface area (Å²) in [6, 6.07) is 12.1. The van der Waals surface area contributed by atoms with Gasteiger partial charge in [0.15, 0.2) is 0 Å². The smallest absolute Gasteiger partial charge is 0.231 e. The van der Waals surface area contributed by atoms with Crippen molar-refractivity contribution in [1.82, 2.24) is 15.2 Å². The fourth-order valence-corrected chi connectivity index (χ4v) is 4.82. The summed E-state index contributed by atoms with van der Waals surface area (Å²) >= 11 is 3.34. The molecule has 7 heteroatoms. The van der Waals surface area contributed by atoms with E-state index in [0.29, 0.717) is 39.4 Å². The summed E-state index contributed by atoms with van der Waals surface area (Å²) in [5.74, 6) is -0.0338. The lowest BCUT2D eigenvalue weighted by atomic mass is 9.97. The van der Waals surface area contributed by atoms with Gasteiger partial charge >= 0.3 is 0 Å². The molecule has 0 spiro atoms. The number of nitrogens with one attached hydrogen (secondary N) is 1. The van der Waals surface area contributed by atoms with E-state index in [-0.39, 0.29) is 11.8 Å². The van der Waals surface area contributed by atoms with E-state index in [1.165, 1.54) is 5.56 Å². The molecule has 1 aliphatic rings. The van der Waals surface area contributed by atoms with Crippen LogP contribution >= 0.6 is 22.7 Å². The lowest BCUT2D eigenvalue weighted by Gasteiger charge is -2.30. The largest absolute Gasteiger partial charge is 0.378 e. The van der Waals surface area contributed by atoms with E-state index >= 15 is 0 Å². The van der Waals surface area contributed by atoms with Gasteiger partial charge in [0.25, 0.3) is 0 Å². The average molecular weight is 414 g/mol. The minimum Gasteiger partial charge on any atom is -0.378 e. The number of carbonyl (C=O) groups is 1. The number of carbonyl (C=O) groups excluding carboxylic acids is 1. The highest BCUT2D eigenvalue weighted by Gasteiger charge is 2.26. The highest BCUT2D eigenvalue weighted by molar-refractivity contribution is 7.14. The molecule has 146 valence electrons. The lowest BCUT2D eigenvalue weighted by Crippen LogP contribution is -2.45. The van der Waals surface area contributed by atoms with E-state index < -0.39 is 0 Å². The average Bonchev–Trinajstić information content (AvgIpc) is 3.44. The Labute approximate surface area is 173 Å². The molecule has 3 aromatic rings. The van der Waals surface area contributed by atoms with E-state index in [1.54, 1.807) is 22.7 Å². The summed E-state index contributed by atoms with van der Waals surface area (Å²) < 4.78 is 5.39. The van der Waals surface area contributed by atoms with Gasteiger partial charge in [0.2, 0.25) is 5.91 Å². The van der Waals surface area contributed by atoms with Gasteiger partial charge in [0.05, 0.1) is 24.8 Å². The van der Waals surface area contributed by atoms with Crippen LogP contribution in [0.1, 0.15) is 17.2 Å². The summed E-state index contributed by atoms with van der Waals surface area (Å²) in [6.07, 6.45) is 0. The number of thiophene rings is 1. The van der Waals surface area contributed by atoms with Crippen LogP contribution < -0.4 is 5.32 Å². The molecule has 1 saturated heterocycles. The number of thiazole rings is 1. The number of hydrogen-bond acceptors (Lipinski definition) is 6. The minimum absolute atomic E-state index is 0.166. The normalized spacial score (nSPS) is 15.5. The van der Waals surface area contributed by atoms with Gasteiger partial charge in [0, 0.05) is 42.5 Å². The summed E-state index contributed by atoms with van der Waals surface area (Å²) in [7, 11) is 0. The van der Waals surface area contributed by atoms with Crippen LogP contribution in [0.3, 0.4) is 0 Å². The molecule has 1 aliphatic heterocycles. The van der Waals surface area contributed by atoms with Crippen LogP contribution in [0.5, 0.6) is 0 Å². The molecule has 1 aromatic carbocycles. The van der Waals surface area contributed by atoms with Crippen molar-refractivity contribution in [3.8, 4) is 10.6 Å². The molecular weight excluding hydrogens is 390 g/mol. The van der Waals surface area contributed by atoms with Gasteiger partial charge in [0.1, 0.15) is 5.01 Å². The number of aromatic nitrogens is 1. The topological polar surface area (TPSA) is 54.5 Å². The molecule has 1 N–H and O–H groups in total.